The maximum atomic E-state index is 11.2. The van der Waals surface area contributed by atoms with Crippen molar-refractivity contribution in [3.8, 4) is 16.9 Å². The number of thioether (sulfide) groups is 1. The average Bonchev–Trinajstić information content (AvgIpc) is 3.18. The minimum atomic E-state index is -0.377. The smallest absolute Gasteiger partial charge is 0.270 e. The van der Waals surface area contributed by atoms with Crippen molar-refractivity contribution in [1.82, 2.24) is 9.55 Å². The Morgan fingerprint density at radius 3 is 2.36 bits per heavy atom. The summed E-state index contributed by atoms with van der Waals surface area (Å²) >= 11 is 1.64. The van der Waals surface area contributed by atoms with Crippen molar-refractivity contribution in [1.29, 1.82) is 0 Å². The lowest BCUT2D eigenvalue weighted by molar-refractivity contribution is -0.384. The highest BCUT2D eigenvalue weighted by atomic mass is 32.2. The third kappa shape index (κ3) is 3.82. The molecule has 1 aromatic heterocycles. The molecule has 0 N–H and O–H groups in total. The maximum Gasteiger partial charge on any atom is 0.270 e. The highest BCUT2D eigenvalue weighted by Gasteiger charge is 2.16. The van der Waals surface area contributed by atoms with Crippen LogP contribution < -0.4 is 0 Å². The molecule has 0 saturated carbocycles. The van der Waals surface area contributed by atoms with E-state index >= 15 is 0 Å². The van der Waals surface area contributed by atoms with Crippen molar-refractivity contribution in [3.63, 3.8) is 0 Å². The lowest BCUT2D eigenvalue weighted by atomic mass is 10.1. The van der Waals surface area contributed by atoms with E-state index in [4.69, 9.17) is 0 Å². The quantitative estimate of drug-likeness (QED) is 0.240. The fourth-order valence-electron chi connectivity index (χ4n) is 2.97. The van der Waals surface area contributed by atoms with Crippen molar-refractivity contribution in [2.45, 2.75) is 10.9 Å². The molecule has 1 heterocycles. The van der Waals surface area contributed by atoms with Gasteiger partial charge in [-0.15, -0.1) is 0 Å². The van der Waals surface area contributed by atoms with E-state index in [-0.39, 0.29) is 10.6 Å². The summed E-state index contributed by atoms with van der Waals surface area (Å²) in [6, 6.07) is 26.8. The number of nitro benzene ring substituents is 1. The number of aromatic nitrogens is 2. The van der Waals surface area contributed by atoms with Gasteiger partial charge in [-0.1, -0.05) is 72.4 Å². The summed E-state index contributed by atoms with van der Waals surface area (Å²) in [6.45, 7) is 0. The van der Waals surface area contributed by atoms with Crippen molar-refractivity contribution < 1.29 is 4.92 Å². The van der Waals surface area contributed by atoms with E-state index in [1.165, 1.54) is 11.6 Å². The SMILES string of the molecule is O=[N+]([O-])c1cccc(-c2cnc(SCc3ccccc3)n2-c2ccccc2)c1. The summed E-state index contributed by atoms with van der Waals surface area (Å²) in [6.07, 6.45) is 1.78. The van der Waals surface area contributed by atoms with Crippen molar-refractivity contribution in [2.24, 2.45) is 0 Å². The molecular weight excluding hydrogens is 370 g/mol. The molecule has 6 heteroatoms. The highest BCUT2D eigenvalue weighted by Crippen LogP contribution is 2.32. The highest BCUT2D eigenvalue weighted by molar-refractivity contribution is 7.98. The van der Waals surface area contributed by atoms with Gasteiger partial charge in [0.15, 0.2) is 5.16 Å². The molecule has 0 fully saturated rings. The van der Waals surface area contributed by atoms with E-state index in [1.807, 2.05) is 59.2 Å². The molecule has 0 atom stereocenters. The van der Waals surface area contributed by atoms with Crippen LogP contribution >= 0.6 is 11.8 Å². The zero-order valence-corrected chi connectivity index (χ0v) is 15.8. The van der Waals surface area contributed by atoms with Crippen LogP contribution in [0.2, 0.25) is 0 Å². The van der Waals surface area contributed by atoms with Gasteiger partial charge in [-0.3, -0.25) is 14.7 Å². The molecule has 0 saturated heterocycles. The molecular formula is C22H17N3O2S. The number of rotatable bonds is 6. The number of benzene rings is 3. The number of hydrogen-bond donors (Lipinski definition) is 0. The minimum Gasteiger partial charge on any atom is -0.287 e. The van der Waals surface area contributed by atoms with Crippen LogP contribution in [0.4, 0.5) is 5.69 Å². The average molecular weight is 387 g/mol. The van der Waals surface area contributed by atoms with Gasteiger partial charge >= 0.3 is 0 Å². The lowest BCUT2D eigenvalue weighted by Crippen LogP contribution is -1.99. The molecule has 138 valence electrons. The van der Waals surface area contributed by atoms with Crippen LogP contribution in [-0.4, -0.2) is 14.5 Å². The number of nitro groups is 1. The molecule has 0 radical (unpaired) electrons. The van der Waals surface area contributed by atoms with E-state index in [2.05, 4.69) is 17.1 Å². The summed E-state index contributed by atoms with van der Waals surface area (Å²) in [5.74, 6) is 0.791. The zero-order valence-electron chi connectivity index (χ0n) is 14.9. The first kappa shape index (κ1) is 18.0. The van der Waals surface area contributed by atoms with E-state index in [9.17, 15) is 10.1 Å². The summed E-state index contributed by atoms with van der Waals surface area (Å²) < 4.78 is 2.05. The van der Waals surface area contributed by atoms with Gasteiger partial charge in [0, 0.05) is 29.1 Å². The van der Waals surface area contributed by atoms with Crippen LogP contribution in [0.25, 0.3) is 16.9 Å². The first-order valence-corrected chi connectivity index (χ1v) is 9.75. The van der Waals surface area contributed by atoms with E-state index in [0.717, 1.165) is 27.9 Å². The van der Waals surface area contributed by atoms with Gasteiger partial charge in [-0.25, -0.2) is 4.98 Å². The van der Waals surface area contributed by atoms with Gasteiger partial charge in [0.1, 0.15) is 0 Å². The molecule has 0 aliphatic heterocycles. The number of imidazole rings is 1. The van der Waals surface area contributed by atoms with Gasteiger partial charge in [0.25, 0.3) is 5.69 Å². The topological polar surface area (TPSA) is 61.0 Å². The normalized spacial score (nSPS) is 10.7. The molecule has 4 aromatic rings. The molecule has 0 amide bonds. The van der Waals surface area contributed by atoms with E-state index < -0.39 is 0 Å². The van der Waals surface area contributed by atoms with Crippen LogP contribution in [-0.2, 0) is 5.75 Å². The Balaban J connectivity index is 1.76. The molecule has 0 aliphatic carbocycles. The largest absolute Gasteiger partial charge is 0.287 e. The van der Waals surface area contributed by atoms with Crippen molar-refractivity contribution >= 4 is 17.4 Å². The molecule has 0 bridgehead atoms. The maximum absolute atomic E-state index is 11.2. The molecule has 0 spiro atoms. The Labute approximate surface area is 166 Å². The first-order valence-electron chi connectivity index (χ1n) is 8.77. The summed E-state index contributed by atoms with van der Waals surface area (Å²) in [7, 11) is 0. The van der Waals surface area contributed by atoms with Crippen molar-refractivity contribution in [2.75, 3.05) is 0 Å². The summed E-state index contributed by atoms with van der Waals surface area (Å²) in [4.78, 5) is 15.4. The minimum absolute atomic E-state index is 0.0665. The van der Waals surface area contributed by atoms with Crippen LogP contribution in [0.15, 0.2) is 96.3 Å². The number of nitrogens with zero attached hydrogens (tertiary/aromatic N) is 3. The Bertz CT molecular complexity index is 1100. The molecule has 3 aromatic carbocycles. The fraction of sp³-hybridized carbons (Fsp3) is 0.0455. The van der Waals surface area contributed by atoms with Crippen LogP contribution in [0, 0.1) is 10.1 Å². The van der Waals surface area contributed by atoms with Crippen molar-refractivity contribution in [3.05, 3.63) is 107 Å². The molecule has 4 rings (SSSR count). The molecule has 0 unspecified atom stereocenters. The fourth-order valence-corrected chi connectivity index (χ4v) is 3.92. The van der Waals surface area contributed by atoms with Crippen LogP contribution in [0.3, 0.4) is 0 Å². The Kier molecular flexibility index (Phi) is 5.21. The third-order valence-corrected chi connectivity index (χ3v) is 5.33. The first-order chi connectivity index (χ1) is 13.7. The number of para-hydroxylation sites is 1. The predicted molar refractivity (Wildman–Crippen MR) is 112 cm³/mol. The standard InChI is InChI=1S/C22H17N3O2S/c26-25(27)20-13-7-10-18(14-20)21-15-23-22(24(21)19-11-5-2-6-12-19)28-16-17-8-3-1-4-9-17/h1-15H,16H2. The van der Waals surface area contributed by atoms with Gasteiger partial charge < -0.3 is 0 Å². The van der Waals surface area contributed by atoms with Gasteiger partial charge in [-0.2, -0.15) is 0 Å². The molecule has 0 aliphatic rings. The second-order valence-electron chi connectivity index (χ2n) is 6.18. The third-order valence-electron chi connectivity index (χ3n) is 4.31. The molecule has 5 nitrogen and oxygen atoms in total. The number of non-ortho nitro benzene ring substituents is 1. The second kappa shape index (κ2) is 8.10. The van der Waals surface area contributed by atoms with Crippen LogP contribution in [0.1, 0.15) is 5.56 Å². The Hall–Kier alpha value is -3.38. The second-order valence-corrected chi connectivity index (χ2v) is 7.12. The Morgan fingerprint density at radius 1 is 0.929 bits per heavy atom. The van der Waals surface area contributed by atoms with Gasteiger partial charge in [0.05, 0.1) is 16.8 Å². The monoisotopic (exact) mass is 387 g/mol. The van der Waals surface area contributed by atoms with E-state index in [1.54, 1.807) is 30.1 Å². The number of hydrogen-bond acceptors (Lipinski definition) is 4. The van der Waals surface area contributed by atoms with Crippen LogP contribution in [0.5, 0.6) is 0 Å². The van der Waals surface area contributed by atoms with Gasteiger partial charge in [0.2, 0.25) is 0 Å². The van der Waals surface area contributed by atoms with Gasteiger partial charge in [-0.05, 0) is 17.7 Å². The summed E-state index contributed by atoms with van der Waals surface area (Å²) in [5, 5.41) is 12.0. The lowest BCUT2D eigenvalue weighted by Gasteiger charge is -2.12. The van der Waals surface area contributed by atoms with E-state index in [0.29, 0.717) is 0 Å². The zero-order chi connectivity index (χ0) is 19.3. The summed E-state index contributed by atoms with van der Waals surface area (Å²) in [5.41, 5.74) is 3.84. The molecule has 28 heavy (non-hydrogen) atoms. The Morgan fingerprint density at radius 2 is 1.64 bits per heavy atom. The predicted octanol–water partition coefficient (Wildman–Crippen LogP) is 5.74.